The predicted molar refractivity (Wildman–Crippen MR) is 111 cm³/mol. The molecule has 30 heavy (non-hydrogen) atoms. The fourth-order valence-electron chi connectivity index (χ4n) is 3.24. The number of Topliss-reactive ketones (excluding diaryl/α,β-unsaturated/α-hetero) is 1. The number of halogens is 1. The van der Waals surface area contributed by atoms with Gasteiger partial charge in [-0.25, -0.2) is 19.0 Å². The largest absolute Gasteiger partial charge is 0.294 e. The van der Waals surface area contributed by atoms with E-state index in [4.69, 9.17) is 0 Å². The molecule has 0 amide bonds. The minimum atomic E-state index is -0.373. The Morgan fingerprint density at radius 2 is 1.93 bits per heavy atom. The lowest BCUT2D eigenvalue weighted by Gasteiger charge is -2.05. The summed E-state index contributed by atoms with van der Waals surface area (Å²) in [6, 6.07) is 9.97. The van der Waals surface area contributed by atoms with Crippen LogP contribution in [0.15, 0.2) is 55.1 Å². The van der Waals surface area contributed by atoms with E-state index in [1.165, 1.54) is 6.07 Å². The molecule has 0 aliphatic rings. The van der Waals surface area contributed by atoms with Gasteiger partial charge in [0.05, 0.1) is 0 Å². The first-order chi connectivity index (χ1) is 14.4. The maximum Gasteiger partial charge on any atom is 0.164 e. The number of hydrogen-bond donors (Lipinski definition) is 0. The third-order valence-corrected chi connectivity index (χ3v) is 4.71. The van der Waals surface area contributed by atoms with Crippen LogP contribution in [0.3, 0.4) is 0 Å². The van der Waals surface area contributed by atoms with Crippen molar-refractivity contribution in [3.05, 3.63) is 66.5 Å². The number of carbonyl (C=O) groups is 1. The summed E-state index contributed by atoms with van der Waals surface area (Å²) in [7, 11) is 1.74. The summed E-state index contributed by atoms with van der Waals surface area (Å²) in [4.78, 5) is 21.0. The molecule has 0 atom stereocenters. The number of rotatable bonds is 6. The van der Waals surface area contributed by atoms with E-state index in [-0.39, 0.29) is 11.6 Å². The summed E-state index contributed by atoms with van der Waals surface area (Å²) in [5.74, 6) is 0.620. The third-order valence-electron chi connectivity index (χ3n) is 4.71. The number of imidazole rings is 1. The monoisotopic (exact) mass is 404 g/mol. The quantitative estimate of drug-likeness (QED) is 0.452. The number of aryl methyl sites for hydroxylation is 1. The van der Waals surface area contributed by atoms with Crippen LogP contribution in [0.2, 0.25) is 0 Å². The van der Waals surface area contributed by atoms with E-state index in [1.807, 2.05) is 13.8 Å². The van der Waals surface area contributed by atoms with Crippen molar-refractivity contribution in [3.63, 3.8) is 0 Å². The second-order valence-corrected chi connectivity index (χ2v) is 7.48. The van der Waals surface area contributed by atoms with Gasteiger partial charge in [0.2, 0.25) is 0 Å². The standard InChI is InChI=1S/C22H21FN6O/c1-14(2)10-19(30)15-8-9-20(24-11-15)29-12-18(25-13-29)22-21(26-27-28(22)3)16-6-4-5-7-17(16)23/h4-9,11-14H,10H2,1-3H3. The number of carbonyl (C=O) groups excluding carboxylic acids is 1. The molecule has 0 bridgehead atoms. The van der Waals surface area contributed by atoms with Crippen LogP contribution in [-0.2, 0) is 7.05 Å². The number of hydrogen-bond acceptors (Lipinski definition) is 5. The van der Waals surface area contributed by atoms with Gasteiger partial charge in [0, 0.05) is 37.0 Å². The van der Waals surface area contributed by atoms with E-state index in [2.05, 4.69) is 20.3 Å². The second-order valence-electron chi connectivity index (χ2n) is 7.48. The number of benzene rings is 1. The molecule has 0 aliphatic heterocycles. The molecule has 3 heterocycles. The van der Waals surface area contributed by atoms with Gasteiger partial charge in [0.1, 0.15) is 35.0 Å². The van der Waals surface area contributed by atoms with E-state index in [1.54, 1.807) is 65.3 Å². The summed E-state index contributed by atoms with van der Waals surface area (Å²) >= 11 is 0. The molecule has 0 saturated carbocycles. The van der Waals surface area contributed by atoms with Crippen molar-refractivity contribution in [1.29, 1.82) is 0 Å². The molecule has 8 heteroatoms. The highest BCUT2D eigenvalue weighted by atomic mass is 19.1. The van der Waals surface area contributed by atoms with Crippen molar-refractivity contribution >= 4 is 5.78 Å². The van der Waals surface area contributed by atoms with Crippen LogP contribution in [0.4, 0.5) is 4.39 Å². The van der Waals surface area contributed by atoms with Crippen molar-refractivity contribution < 1.29 is 9.18 Å². The molecular formula is C22H21FN6O. The zero-order valence-electron chi connectivity index (χ0n) is 17.0. The molecule has 4 aromatic rings. The Kier molecular flexibility index (Phi) is 5.22. The molecule has 1 aromatic carbocycles. The first-order valence-corrected chi connectivity index (χ1v) is 9.62. The molecule has 0 fully saturated rings. The molecule has 0 unspecified atom stereocenters. The fraction of sp³-hybridized carbons (Fsp3) is 0.227. The minimum absolute atomic E-state index is 0.0749. The smallest absolute Gasteiger partial charge is 0.164 e. The van der Waals surface area contributed by atoms with Crippen molar-refractivity contribution in [3.8, 4) is 28.5 Å². The van der Waals surface area contributed by atoms with Gasteiger partial charge < -0.3 is 0 Å². The van der Waals surface area contributed by atoms with Crippen LogP contribution in [0.5, 0.6) is 0 Å². The summed E-state index contributed by atoms with van der Waals surface area (Å²) < 4.78 is 17.6. The molecule has 3 aromatic heterocycles. The normalized spacial score (nSPS) is 11.2. The molecule has 7 nitrogen and oxygen atoms in total. The molecule has 4 rings (SSSR count). The number of nitrogens with zero attached hydrogens (tertiary/aromatic N) is 6. The molecule has 0 aliphatic carbocycles. The van der Waals surface area contributed by atoms with Crippen molar-refractivity contribution in [2.45, 2.75) is 20.3 Å². The van der Waals surface area contributed by atoms with Crippen LogP contribution >= 0.6 is 0 Å². The van der Waals surface area contributed by atoms with Gasteiger partial charge in [-0.05, 0) is 30.2 Å². The zero-order valence-corrected chi connectivity index (χ0v) is 17.0. The summed E-state index contributed by atoms with van der Waals surface area (Å²) in [5, 5.41) is 8.17. The molecule has 0 N–H and O–H groups in total. The Morgan fingerprint density at radius 3 is 2.63 bits per heavy atom. The summed E-state index contributed by atoms with van der Waals surface area (Å²) in [6.07, 6.45) is 5.46. The molecule has 152 valence electrons. The van der Waals surface area contributed by atoms with Gasteiger partial charge in [0.25, 0.3) is 0 Å². The van der Waals surface area contributed by atoms with E-state index >= 15 is 0 Å². The highest BCUT2D eigenvalue weighted by molar-refractivity contribution is 5.95. The Labute approximate surface area is 173 Å². The van der Waals surface area contributed by atoms with Crippen molar-refractivity contribution in [1.82, 2.24) is 29.5 Å². The molecule has 0 spiro atoms. The highest BCUT2D eigenvalue weighted by Gasteiger charge is 2.20. The Balaban J connectivity index is 1.65. The van der Waals surface area contributed by atoms with Gasteiger partial charge in [-0.3, -0.25) is 9.36 Å². The van der Waals surface area contributed by atoms with Crippen molar-refractivity contribution in [2.24, 2.45) is 13.0 Å². The highest BCUT2D eigenvalue weighted by Crippen LogP contribution is 2.30. The lowest BCUT2D eigenvalue weighted by molar-refractivity contribution is 0.0967. The first-order valence-electron chi connectivity index (χ1n) is 9.62. The number of aromatic nitrogens is 6. The van der Waals surface area contributed by atoms with E-state index in [9.17, 15) is 9.18 Å². The van der Waals surface area contributed by atoms with Gasteiger partial charge in [-0.1, -0.05) is 31.2 Å². The number of pyridine rings is 1. The average Bonchev–Trinajstić information content (AvgIpc) is 3.34. The number of ketones is 1. The Hall–Kier alpha value is -3.68. The molecular weight excluding hydrogens is 383 g/mol. The van der Waals surface area contributed by atoms with Crippen LogP contribution in [0.1, 0.15) is 30.6 Å². The van der Waals surface area contributed by atoms with E-state index in [0.29, 0.717) is 46.4 Å². The van der Waals surface area contributed by atoms with E-state index < -0.39 is 0 Å². The fourth-order valence-corrected chi connectivity index (χ4v) is 3.24. The predicted octanol–water partition coefficient (Wildman–Crippen LogP) is 4.10. The maximum absolute atomic E-state index is 14.3. The molecule has 0 saturated heterocycles. The molecule has 0 radical (unpaired) electrons. The Bertz CT molecular complexity index is 1190. The van der Waals surface area contributed by atoms with Gasteiger partial charge >= 0.3 is 0 Å². The first kappa shape index (κ1) is 19.6. The van der Waals surface area contributed by atoms with Gasteiger partial charge in [-0.15, -0.1) is 5.10 Å². The Morgan fingerprint density at radius 1 is 1.13 bits per heavy atom. The van der Waals surface area contributed by atoms with Gasteiger partial charge in [-0.2, -0.15) is 0 Å². The van der Waals surface area contributed by atoms with E-state index in [0.717, 1.165) is 0 Å². The maximum atomic E-state index is 14.3. The van der Waals surface area contributed by atoms with Gasteiger partial charge in [0.15, 0.2) is 5.78 Å². The lowest BCUT2D eigenvalue weighted by Crippen LogP contribution is -2.05. The summed E-state index contributed by atoms with van der Waals surface area (Å²) in [5.41, 5.74) is 2.56. The zero-order chi connectivity index (χ0) is 21.3. The van der Waals surface area contributed by atoms with Crippen LogP contribution in [0, 0.1) is 11.7 Å². The average molecular weight is 404 g/mol. The third kappa shape index (κ3) is 3.76. The summed E-state index contributed by atoms with van der Waals surface area (Å²) in [6.45, 7) is 4.02. The van der Waals surface area contributed by atoms with Crippen LogP contribution in [0.25, 0.3) is 28.5 Å². The van der Waals surface area contributed by atoms with Crippen molar-refractivity contribution in [2.75, 3.05) is 0 Å². The minimum Gasteiger partial charge on any atom is -0.294 e. The van der Waals surface area contributed by atoms with Crippen LogP contribution in [-0.4, -0.2) is 35.3 Å². The van der Waals surface area contributed by atoms with Crippen LogP contribution < -0.4 is 0 Å². The topological polar surface area (TPSA) is 78.5 Å². The second kappa shape index (κ2) is 7.98. The SMILES string of the molecule is CC(C)CC(=O)c1ccc(-n2cnc(-c3c(-c4ccccc4F)nnn3C)c2)nc1. The lowest BCUT2D eigenvalue weighted by atomic mass is 10.0.